The van der Waals surface area contributed by atoms with Crippen molar-refractivity contribution in [3.8, 4) is 0 Å². The molecule has 0 aromatic rings. The Morgan fingerprint density at radius 2 is 1.48 bits per heavy atom. The Balaban J connectivity index is 5.37. The summed E-state index contributed by atoms with van der Waals surface area (Å²) in [6.45, 7) is 7.87. The third-order valence-corrected chi connectivity index (χ3v) is 5.76. The predicted octanol–water partition coefficient (Wildman–Crippen LogP) is 0.437. The quantitative estimate of drug-likeness (QED) is 0.159. The normalized spacial score (nSPS) is 14.9. The van der Waals surface area contributed by atoms with E-state index in [1.54, 1.807) is 13.8 Å². The van der Waals surface area contributed by atoms with Crippen LogP contribution in [-0.4, -0.2) is 71.5 Å². The Bertz CT molecular complexity index is 632. The van der Waals surface area contributed by atoms with Gasteiger partial charge in [0.1, 0.15) is 18.1 Å². The van der Waals surface area contributed by atoms with Gasteiger partial charge in [0, 0.05) is 0 Å². The number of hydrogen-bond acceptors (Lipinski definition) is 7. The summed E-state index contributed by atoms with van der Waals surface area (Å²) in [7, 11) is 0. The molecule has 0 aromatic carbocycles. The highest BCUT2D eigenvalue weighted by atomic mass is 32.2. The van der Waals surface area contributed by atoms with Crippen LogP contribution in [0.1, 0.15) is 59.8 Å². The van der Waals surface area contributed by atoms with E-state index in [1.165, 1.54) is 11.8 Å². The van der Waals surface area contributed by atoms with Gasteiger partial charge in [0.25, 0.3) is 0 Å². The number of aliphatic carboxylic acids is 1. The van der Waals surface area contributed by atoms with Crippen molar-refractivity contribution in [1.82, 2.24) is 16.0 Å². The topological polar surface area (TPSA) is 177 Å². The zero-order chi connectivity index (χ0) is 25.6. The maximum absolute atomic E-state index is 13.0. The summed E-state index contributed by atoms with van der Waals surface area (Å²) in [5, 5.41) is 17.3. The van der Waals surface area contributed by atoms with Gasteiger partial charge in [-0.1, -0.05) is 27.7 Å². The van der Waals surface area contributed by atoms with E-state index in [9.17, 15) is 24.3 Å². The summed E-state index contributed by atoms with van der Waals surface area (Å²) in [5.41, 5.74) is 11.5. The van der Waals surface area contributed by atoms with Gasteiger partial charge in [-0.15, -0.1) is 0 Å². The lowest BCUT2D eigenvalue weighted by Crippen LogP contribution is -2.58. The molecular weight excluding hydrogens is 446 g/mol. The molecule has 10 nitrogen and oxygen atoms in total. The highest BCUT2D eigenvalue weighted by Crippen LogP contribution is 2.09. The van der Waals surface area contributed by atoms with Crippen molar-refractivity contribution in [1.29, 1.82) is 0 Å². The zero-order valence-electron chi connectivity index (χ0n) is 20.6. The first kappa shape index (κ1) is 31.1. The molecule has 0 spiro atoms. The van der Waals surface area contributed by atoms with Gasteiger partial charge >= 0.3 is 5.97 Å². The fourth-order valence-electron chi connectivity index (χ4n) is 3.20. The summed E-state index contributed by atoms with van der Waals surface area (Å²) >= 11 is 1.48. The van der Waals surface area contributed by atoms with Crippen LogP contribution in [0.3, 0.4) is 0 Å². The highest BCUT2D eigenvalue weighted by Gasteiger charge is 2.31. The Labute approximate surface area is 201 Å². The van der Waals surface area contributed by atoms with Crippen LogP contribution in [0.5, 0.6) is 0 Å². The van der Waals surface area contributed by atoms with Crippen molar-refractivity contribution in [2.24, 2.45) is 23.3 Å². The fourth-order valence-corrected chi connectivity index (χ4v) is 3.67. The Morgan fingerprint density at radius 3 is 1.97 bits per heavy atom. The van der Waals surface area contributed by atoms with Crippen molar-refractivity contribution < 1.29 is 24.3 Å². The maximum Gasteiger partial charge on any atom is 0.326 e. The SMILES string of the molecule is CSCCC(NC(=O)C(NC(=O)C(CCCCN)NC(=O)C(N)CC(C)C)C(C)C)C(=O)O. The number of carboxylic acid groups (broad SMARTS) is 1. The minimum absolute atomic E-state index is 0.220. The molecule has 0 heterocycles. The predicted molar refractivity (Wildman–Crippen MR) is 132 cm³/mol. The van der Waals surface area contributed by atoms with Gasteiger partial charge in [0.2, 0.25) is 17.7 Å². The average Bonchev–Trinajstić information content (AvgIpc) is 2.72. The number of thioether (sulfide) groups is 1. The van der Waals surface area contributed by atoms with Crippen LogP contribution >= 0.6 is 11.8 Å². The lowest BCUT2D eigenvalue weighted by molar-refractivity contribution is -0.142. The van der Waals surface area contributed by atoms with Crippen LogP contribution in [-0.2, 0) is 19.2 Å². The number of nitrogens with two attached hydrogens (primary N) is 2. The van der Waals surface area contributed by atoms with Gasteiger partial charge < -0.3 is 32.5 Å². The van der Waals surface area contributed by atoms with Gasteiger partial charge in [-0.05, 0) is 62.5 Å². The first-order chi connectivity index (χ1) is 15.4. The van der Waals surface area contributed by atoms with Crippen molar-refractivity contribution in [3.05, 3.63) is 0 Å². The molecule has 0 rings (SSSR count). The molecule has 0 bridgehead atoms. The van der Waals surface area contributed by atoms with Crippen molar-refractivity contribution in [2.75, 3.05) is 18.6 Å². The van der Waals surface area contributed by atoms with E-state index in [-0.39, 0.29) is 18.3 Å². The number of hydrogen-bond donors (Lipinski definition) is 6. The van der Waals surface area contributed by atoms with Gasteiger partial charge in [0.15, 0.2) is 0 Å². The van der Waals surface area contributed by atoms with Gasteiger partial charge in [0.05, 0.1) is 6.04 Å². The van der Waals surface area contributed by atoms with E-state index in [1.807, 2.05) is 20.1 Å². The lowest BCUT2D eigenvalue weighted by Gasteiger charge is -2.27. The summed E-state index contributed by atoms with van der Waals surface area (Å²) in [5.74, 6) is -2.15. The number of carbonyl (C=O) groups excluding carboxylic acids is 3. The van der Waals surface area contributed by atoms with Crippen molar-refractivity contribution >= 4 is 35.5 Å². The molecule has 0 aliphatic heterocycles. The second-order valence-corrected chi connectivity index (χ2v) is 9.98. The molecule has 0 saturated carbocycles. The lowest BCUT2D eigenvalue weighted by atomic mass is 10.0. The van der Waals surface area contributed by atoms with E-state index in [2.05, 4.69) is 16.0 Å². The molecule has 33 heavy (non-hydrogen) atoms. The molecule has 4 unspecified atom stereocenters. The van der Waals surface area contributed by atoms with Gasteiger partial charge in [-0.25, -0.2) is 4.79 Å². The smallest absolute Gasteiger partial charge is 0.326 e. The first-order valence-electron chi connectivity index (χ1n) is 11.5. The Morgan fingerprint density at radius 1 is 0.879 bits per heavy atom. The largest absolute Gasteiger partial charge is 0.480 e. The second-order valence-electron chi connectivity index (χ2n) is 8.99. The molecular formula is C22H43N5O5S. The van der Waals surface area contributed by atoms with Crippen molar-refractivity contribution in [3.63, 3.8) is 0 Å². The van der Waals surface area contributed by atoms with E-state index in [0.29, 0.717) is 38.0 Å². The third-order valence-electron chi connectivity index (χ3n) is 5.11. The molecule has 0 aromatic heterocycles. The minimum atomic E-state index is -1.13. The summed E-state index contributed by atoms with van der Waals surface area (Å²) in [6.07, 6.45) is 4.24. The third kappa shape index (κ3) is 12.8. The fraction of sp³-hybridized carbons (Fsp3) is 0.818. The molecule has 0 aliphatic rings. The number of unbranched alkanes of at least 4 members (excludes halogenated alkanes) is 1. The molecule has 192 valence electrons. The van der Waals surface area contributed by atoms with Gasteiger partial charge in [-0.3, -0.25) is 14.4 Å². The molecule has 4 atom stereocenters. The van der Waals surface area contributed by atoms with Crippen LogP contribution in [0, 0.1) is 11.8 Å². The van der Waals surface area contributed by atoms with Crippen LogP contribution in [0.15, 0.2) is 0 Å². The number of carboxylic acids is 1. The van der Waals surface area contributed by atoms with Crippen LogP contribution in [0.2, 0.25) is 0 Å². The second kappa shape index (κ2) is 16.7. The Hall–Kier alpha value is -1.85. The molecule has 0 fully saturated rings. The standard InChI is InChI=1S/C22H43N5O5S/c1-13(2)12-15(24)19(28)25-16(8-6-7-10-23)20(29)27-18(14(3)4)21(30)26-17(22(31)32)9-11-33-5/h13-18H,6-12,23-24H2,1-5H3,(H,25,28)(H,26,30)(H,27,29)(H,31,32). The summed E-state index contributed by atoms with van der Waals surface area (Å²) in [6, 6.07) is -3.61. The monoisotopic (exact) mass is 489 g/mol. The van der Waals surface area contributed by atoms with E-state index < -0.39 is 47.9 Å². The molecule has 3 amide bonds. The first-order valence-corrected chi connectivity index (χ1v) is 12.9. The Kier molecular flexibility index (Phi) is 15.8. The molecule has 8 N–H and O–H groups in total. The number of rotatable bonds is 17. The van der Waals surface area contributed by atoms with Crippen molar-refractivity contribution in [2.45, 2.75) is 84.0 Å². The minimum Gasteiger partial charge on any atom is -0.480 e. The van der Waals surface area contributed by atoms with E-state index >= 15 is 0 Å². The highest BCUT2D eigenvalue weighted by molar-refractivity contribution is 7.98. The zero-order valence-corrected chi connectivity index (χ0v) is 21.4. The average molecular weight is 490 g/mol. The van der Waals surface area contributed by atoms with Crippen LogP contribution in [0.4, 0.5) is 0 Å². The van der Waals surface area contributed by atoms with E-state index in [0.717, 1.165) is 0 Å². The summed E-state index contributed by atoms with van der Waals surface area (Å²) < 4.78 is 0. The molecule has 0 radical (unpaired) electrons. The molecule has 0 aliphatic carbocycles. The summed E-state index contributed by atoms with van der Waals surface area (Å²) in [4.78, 5) is 49.8. The molecule has 0 saturated heterocycles. The van der Waals surface area contributed by atoms with Crippen LogP contribution in [0.25, 0.3) is 0 Å². The number of carbonyl (C=O) groups is 4. The maximum atomic E-state index is 13.0. The van der Waals surface area contributed by atoms with E-state index in [4.69, 9.17) is 11.5 Å². The van der Waals surface area contributed by atoms with Crippen LogP contribution < -0.4 is 27.4 Å². The van der Waals surface area contributed by atoms with Gasteiger partial charge in [-0.2, -0.15) is 11.8 Å². The number of nitrogens with one attached hydrogen (secondary N) is 3. The number of amides is 3. The molecule has 11 heteroatoms.